The van der Waals surface area contributed by atoms with E-state index in [2.05, 4.69) is 5.32 Å². The quantitative estimate of drug-likeness (QED) is 0.326. The van der Waals surface area contributed by atoms with Crippen molar-refractivity contribution in [2.45, 2.75) is 50.7 Å². The summed E-state index contributed by atoms with van der Waals surface area (Å²) in [6.45, 7) is 4.96. The molecule has 3 rings (SSSR count). The Kier molecular flexibility index (Phi) is 10.2. The molecule has 0 radical (unpaired) electrons. The number of benzene rings is 3. The molecule has 0 aliphatic heterocycles. The second-order valence-electron chi connectivity index (χ2n) is 8.95. The first kappa shape index (κ1) is 29.5. The fourth-order valence-corrected chi connectivity index (χ4v) is 5.58. The maximum Gasteiger partial charge on any atom is 0.264 e. The van der Waals surface area contributed by atoms with E-state index in [4.69, 9.17) is 23.2 Å². The zero-order valence-corrected chi connectivity index (χ0v) is 23.8. The van der Waals surface area contributed by atoms with Gasteiger partial charge >= 0.3 is 0 Å². The highest BCUT2D eigenvalue weighted by atomic mass is 35.5. The van der Waals surface area contributed by atoms with Crippen LogP contribution in [0.4, 0.5) is 5.69 Å². The van der Waals surface area contributed by atoms with Crippen LogP contribution in [0.2, 0.25) is 10.0 Å². The van der Waals surface area contributed by atoms with E-state index in [1.54, 1.807) is 67.6 Å². The van der Waals surface area contributed by atoms with Gasteiger partial charge in [0.1, 0.15) is 12.6 Å². The highest BCUT2D eigenvalue weighted by Gasteiger charge is 2.32. The summed E-state index contributed by atoms with van der Waals surface area (Å²) in [7, 11) is -4.14. The van der Waals surface area contributed by atoms with Gasteiger partial charge in [-0.2, -0.15) is 0 Å². The molecule has 10 heteroatoms. The number of amides is 2. The van der Waals surface area contributed by atoms with Crippen LogP contribution in [0.25, 0.3) is 0 Å². The molecule has 3 aromatic carbocycles. The van der Waals surface area contributed by atoms with E-state index in [1.807, 2.05) is 13.8 Å². The van der Waals surface area contributed by atoms with Crippen LogP contribution in [0.15, 0.2) is 83.8 Å². The van der Waals surface area contributed by atoms with E-state index in [9.17, 15) is 18.0 Å². The lowest BCUT2D eigenvalue weighted by Crippen LogP contribution is -2.52. The molecule has 0 saturated heterocycles. The summed E-state index contributed by atoms with van der Waals surface area (Å²) in [4.78, 5) is 28.3. The van der Waals surface area contributed by atoms with E-state index in [0.29, 0.717) is 15.6 Å². The SMILES string of the molecule is CCC(C)NC(=O)C(C)N(Cc1cccc(Cl)c1)C(=O)CN(c1cccc(Cl)c1)S(=O)(=O)c1ccccc1. The molecule has 7 nitrogen and oxygen atoms in total. The molecule has 1 N–H and O–H groups in total. The van der Waals surface area contributed by atoms with Crippen LogP contribution in [-0.4, -0.2) is 43.8 Å². The summed E-state index contributed by atoms with van der Waals surface area (Å²) in [5.41, 5.74) is 0.934. The van der Waals surface area contributed by atoms with Gasteiger partial charge in [0.15, 0.2) is 0 Å². The number of hydrogen-bond acceptors (Lipinski definition) is 4. The molecule has 38 heavy (non-hydrogen) atoms. The number of nitrogens with one attached hydrogen (secondary N) is 1. The number of nitrogens with zero attached hydrogens (tertiary/aromatic N) is 2. The lowest BCUT2D eigenvalue weighted by molar-refractivity contribution is -0.139. The molecule has 0 fully saturated rings. The van der Waals surface area contributed by atoms with Crippen molar-refractivity contribution >= 4 is 50.7 Å². The van der Waals surface area contributed by atoms with Gasteiger partial charge in [-0.3, -0.25) is 13.9 Å². The molecule has 2 amide bonds. The molecule has 2 atom stereocenters. The molecule has 0 aromatic heterocycles. The number of sulfonamides is 1. The van der Waals surface area contributed by atoms with E-state index in [1.165, 1.54) is 23.1 Å². The molecule has 0 bridgehead atoms. The molecular formula is C28H31Cl2N3O4S. The first-order chi connectivity index (χ1) is 18.0. The van der Waals surface area contributed by atoms with E-state index >= 15 is 0 Å². The topological polar surface area (TPSA) is 86.8 Å². The van der Waals surface area contributed by atoms with Crippen molar-refractivity contribution < 1.29 is 18.0 Å². The number of carbonyl (C=O) groups is 2. The predicted octanol–water partition coefficient (Wildman–Crippen LogP) is 5.52. The van der Waals surface area contributed by atoms with Gasteiger partial charge in [0.25, 0.3) is 10.0 Å². The zero-order chi connectivity index (χ0) is 27.9. The Morgan fingerprint density at radius 1 is 0.895 bits per heavy atom. The Hall–Kier alpha value is -3.07. The molecule has 0 aliphatic rings. The summed E-state index contributed by atoms with van der Waals surface area (Å²) >= 11 is 12.3. The molecule has 0 saturated carbocycles. The Balaban J connectivity index is 2.02. The van der Waals surface area contributed by atoms with Crippen molar-refractivity contribution in [1.29, 1.82) is 0 Å². The van der Waals surface area contributed by atoms with Crippen LogP contribution in [0.3, 0.4) is 0 Å². The average Bonchev–Trinajstić information content (AvgIpc) is 2.90. The van der Waals surface area contributed by atoms with Crippen LogP contribution >= 0.6 is 23.2 Å². The van der Waals surface area contributed by atoms with Gasteiger partial charge in [0.05, 0.1) is 10.6 Å². The van der Waals surface area contributed by atoms with Crippen molar-refractivity contribution in [1.82, 2.24) is 10.2 Å². The van der Waals surface area contributed by atoms with Crippen molar-refractivity contribution in [2.24, 2.45) is 0 Å². The number of anilines is 1. The fraction of sp³-hybridized carbons (Fsp3) is 0.286. The molecule has 2 unspecified atom stereocenters. The summed E-state index contributed by atoms with van der Waals surface area (Å²) < 4.78 is 28.4. The minimum absolute atomic E-state index is 0.0247. The predicted molar refractivity (Wildman–Crippen MR) is 152 cm³/mol. The molecule has 0 heterocycles. The third-order valence-electron chi connectivity index (χ3n) is 6.12. The molecule has 0 spiro atoms. The molecule has 202 valence electrons. The smallest absolute Gasteiger partial charge is 0.264 e. The van der Waals surface area contributed by atoms with E-state index in [0.717, 1.165) is 10.7 Å². The average molecular weight is 577 g/mol. The summed E-state index contributed by atoms with van der Waals surface area (Å²) in [5.74, 6) is -0.897. The van der Waals surface area contributed by atoms with Crippen LogP contribution in [0.5, 0.6) is 0 Å². The standard InChI is InChI=1S/C28H31Cl2N3O4S/c1-4-20(2)31-28(35)21(3)32(18-22-10-8-11-23(29)16-22)27(34)19-33(25-13-9-12-24(30)17-25)38(36,37)26-14-6-5-7-15-26/h5-17,20-21H,4,18-19H2,1-3H3,(H,31,35). The van der Waals surface area contributed by atoms with Gasteiger partial charge in [-0.1, -0.05) is 66.5 Å². The Morgan fingerprint density at radius 2 is 1.53 bits per heavy atom. The van der Waals surface area contributed by atoms with Crippen molar-refractivity contribution in [2.75, 3.05) is 10.8 Å². The van der Waals surface area contributed by atoms with Crippen molar-refractivity contribution in [3.63, 3.8) is 0 Å². The summed E-state index contributed by atoms with van der Waals surface area (Å²) in [5, 5.41) is 3.71. The van der Waals surface area contributed by atoms with E-state index in [-0.39, 0.29) is 29.1 Å². The van der Waals surface area contributed by atoms with Crippen molar-refractivity contribution in [3.05, 3.63) is 94.5 Å². The molecular weight excluding hydrogens is 545 g/mol. The first-order valence-corrected chi connectivity index (χ1v) is 14.4. The number of carbonyl (C=O) groups excluding carboxylic acids is 2. The number of halogens is 2. The largest absolute Gasteiger partial charge is 0.352 e. The Bertz CT molecular complexity index is 1370. The molecule has 3 aromatic rings. The first-order valence-electron chi connectivity index (χ1n) is 12.2. The second-order valence-corrected chi connectivity index (χ2v) is 11.7. The third kappa shape index (κ3) is 7.49. The van der Waals surface area contributed by atoms with Gasteiger partial charge in [0, 0.05) is 22.6 Å². The molecule has 0 aliphatic carbocycles. The Labute approximate surface area is 234 Å². The summed E-state index contributed by atoms with van der Waals surface area (Å²) in [6, 6.07) is 20.1. The highest BCUT2D eigenvalue weighted by Crippen LogP contribution is 2.27. The van der Waals surface area contributed by atoms with Gasteiger partial charge < -0.3 is 10.2 Å². The lowest BCUT2D eigenvalue weighted by Gasteiger charge is -2.32. The zero-order valence-electron chi connectivity index (χ0n) is 21.5. The van der Waals surface area contributed by atoms with Gasteiger partial charge in [0.2, 0.25) is 11.8 Å². The van der Waals surface area contributed by atoms with Crippen LogP contribution < -0.4 is 9.62 Å². The van der Waals surface area contributed by atoms with Gasteiger partial charge in [-0.15, -0.1) is 0 Å². The second kappa shape index (κ2) is 13.1. The van der Waals surface area contributed by atoms with E-state index < -0.39 is 28.5 Å². The lowest BCUT2D eigenvalue weighted by atomic mass is 10.1. The monoisotopic (exact) mass is 575 g/mol. The number of rotatable bonds is 11. The minimum Gasteiger partial charge on any atom is -0.352 e. The fourth-order valence-electron chi connectivity index (χ4n) is 3.76. The highest BCUT2D eigenvalue weighted by molar-refractivity contribution is 7.92. The van der Waals surface area contributed by atoms with Crippen LogP contribution in [0.1, 0.15) is 32.8 Å². The van der Waals surface area contributed by atoms with Crippen LogP contribution in [-0.2, 0) is 26.2 Å². The van der Waals surface area contributed by atoms with Crippen LogP contribution in [0, 0.1) is 0 Å². The third-order valence-corrected chi connectivity index (χ3v) is 8.37. The van der Waals surface area contributed by atoms with Gasteiger partial charge in [-0.25, -0.2) is 8.42 Å². The van der Waals surface area contributed by atoms with Crippen molar-refractivity contribution in [3.8, 4) is 0 Å². The minimum atomic E-state index is -4.14. The maximum absolute atomic E-state index is 13.9. The maximum atomic E-state index is 13.9. The Morgan fingerprint density at radius 3 is 2.13 bits per heavy atom. The normalized spacial score (nSPS) is 12.9. The summed E-state index contributed by atoms with van der Waals surface area (Å²) in [6.07, 6.45) is 0.721. The van der Waals surface area contributed by atoms with Gasteiger partial charge in [-0.05, 0) is 68.3 Å². The number of hydrogen-bond donors (Lipinski definition) is 1.